The lowest BCUT2D eigenvalue weighted by molar-refractivity contribution is -0.122. The van der Waals surface area contributed by atoms with E-state index < -0.39 is 0 Å². The Hall–Kier alpha value is -1.36. The van der Waals surface area contributed by atoms with Crippen molar-refractivity contribution in [2.24, 2.45) is 11.8 Å². The molecule has 1 aromatic carbocycles. The summed E-state index contributed by atoms with van der Waals surface area (Å²) in [5.41, 5.74) is 2.04. The topological polar surface area (TPSA) is 54.0 Å². The summed E-state index contributed by atoms with van der Waals surface area (Å²) in [4.78, 5) is 16.7. The molecule has 0 spiro atoms. The molecule has 1 aromatic heterocycles. The molecule has 2 atom stereocenters. The summed E-state index contributed by atoms with van der Waals surface area (Å²) < 4.78 is 0. The van der Waals surface area contributed by atoms with Crippen LogP contribution in [-0.4, -0.2) is 24.0 Å². The number of fused-ring (bicyclic) bond motifs is 1. The van der Waals surface area contributed by atoms with Crippen LogP contribution >= 0.6 is 24.8 Å². The third kappa shape index (κ3) is 5.84. The summed E-state index contributed by atoms with van der Waals surface area (Å²) in [6, 6.07) is 10.1. The number of carbonyl (C=O) groups excluding carboxylic acids is 1. The van der Waals surface area contributed by atoms with Crippen molar-refractivity contribution in [3.63, 3.8) is 0 Å². The molecule has 0 radical (unpaired) electrons. The van der Waals surface area contributed by atoms with Crippen LogP contribution in [-0.2, 0) is 11.3 Å². The monoisotopic (exact) mass is 383 g/mol. The number of benzene rings is 1. The lowest BCUT2D eigenvalue weighted by Crippen LogP contribution is -2.35. The van der Waals surface area contributed by atoms with E-state index in [9.17, 15) is 4.79 Å². The zero-order valence-electron chi connectivity index (χ0n) is 14.5. The van der Waals surface area contributed by atoms with E-state index in [1.807, 2.05) is 30.3 Å². The van der Waals surface area contributed by atoms with Crippen LogP contribution in [0.5, 0.6) is 0 Å². The molecule has 1 aliphatic rings. The maximum Gasteiger partial charge on any atom is 0.220 e. The second-order valence-corrected chi connectivity index (χ2v) is 6.56. The highest BCUT2D eigenvalue weighted by Crippen LogP contribution is 2.22. The molecular formula is C19H27Cl2N3O. The molecular weight excluding hydrogens is 357 g/mol. The van der Waals surface area contributed by atoms with Crippen molar-refractivity contribution in [2.75, 3.05) is 13.1 Å². The lowest BCUT2D eigenvalue weighted by Gasteiger charge is -2.28. The molecule has 2 N–H and O–H groups in total. The van der Waals surface area contributed by atoms with Gasteiger partial charge in [-0.25, -0.2) is 0 Å². The van der Waals surface area contributed by atoms with Crippen molar-refractivity contribution >= 4 is 41.6 Å². The highest BCUT2D eigenvalue weighted by Gasteiger charge is 2.21. The average molecular weight is 384 g/mol. The summed E-state index contributed by atoms with van der Waals surface area (Å²) >= 11 is 0. The molecule has 1 saturated heterocycles. The van der Waals surface area contributed by atoms with Gasteiger partial charge in [0.2, 0.25) is 5.91 Å². The van der Waals surface area contributed by atoms with Gasteiger partial charge in [-0.2, -0.15) is 0 Å². The number of nitrogens with one attached hydrogen (secondary N) is 2. The first kappa shape index (κ1) is 21.7. The maximum atomic E-state index is 12.3. The standard InChI is InChI=1S/C19H25N3O.2ClH/c1-14(16-8-3-9-20-12-16)11-18(23)22-13-17-6-2-5-15-7-4-10-21-19(15)17;;/h2,4-7,10,14,16,20H,3,8-9,11-13H2,1H3,(H,22,23);2*1H. The number of rotatable bonds is 5. The van der Waals surface area contributed by atoms with Gasteiger partial charge in [0, 0.05) is 24.5 Å². The molecule has 1 fully saturated rings. The van der Waals surface area contributed by atoms with Gasteiger partial charge in [0.1, 0.15) is 0 Å². The molecule has 2 heterocycles. The smallest absolute Gasteiger partial charge is 0.220 e. The predicted octanol–water partition coefficient (Wildman–Crippen LogP) is 3.72. The Bertz CT molecular complexity index is 669. The van der Waals surface area contributed by atoms with Crippen LogP contribution < -0.4 is 10.6 Å². The lowest BCUT2D eigenvalue weighted by atomic mass is 9.85. The molecule has 25 heavy (non-hydrogen) atoms. The minimum Gasteiger partial charge on any atom is -0.352 e. The van der Waals surface area contributed by atoms with Crippen LogP contribution in [0.2, 0.25) is 0 Å². The van der Waals surface area contributed by atoms with Gasteiger partial charge in [0.25, 0.3) is 0 Å². The Morgan fingerprint density at radius 1 is 1.32 bits per heavy atom. The Morgan fingerprint density at radius 2 is 2.12 bits per heavy atom. The van der Waals surface area contributed by atoms with Crippen molar-refractivity contribution in [3.05, 3.63) is 42.1 Å². The van der Waals surface area contributed by atoms with Crippen molar-refractivity contribution < 1.29 is 4.79 Å². The molecule has 2 unspecified atom stereocenters. The van der Waals surface area contributed by atoms with Crippen LogP contribution in [0.25, 0.3) is 10.9 Å². The average Bonchev–Trinajstić information content (AvgIpc) is 2.60. The highest BCUT2D eigenvalue weighted by atomic mass is 35.5. The summed E-state index contributed by atoms with van der Waals surface area (Å²) in [6.45, 7) is 4.89. The number of nitrogens with zero attached hydrogens (tertiary/aromatic N) is 1. The van der Waals surface area contributed by atoms with Gasteiger partial charge in [-0.3, -0.25) is 9.78 Å². The fraction of sp³-hybridized carbons (Fsp3) is 0.474. The number of hydrogen-bond acceptors (Lipinski definition) is 3. The zero-order chi connectivity index (χ0) is 16.1. The van der Waals surface area contributed by atoms with Crippen molar-refractivity contribution in [1.82, 2.24) is 15.6 Å². The summed E-state index contributed by atoms with van der Waals surface area (Å²) in [5.74, 6) is 1.18. The van der Waals surface area contributed by atoms with E-state index in [2.05, 4.69) is 22.5 Å². The number of aromatic nitrogens is 1. The molecule has 3 rings (SSSR count). The Morgan fingerprint density at radius 3 is 2.88 bits per heavy atom. The van der Waals surface area contributed by atoms with Gasteiger partial charge in [-0.1, -0.05) is 31.2 Å². The van der Waals surface area contributed by atoms with E-state index in [1.54, 1.807) is 6.20 Å². The molecule has 6 heteroatoms. The first-order valence-electron chi connectivity index (χ1n) is 8.54. The number of para-hydroxylation sites is 1. The van der Waals surface area contributed by atoms with E-state index in [0.29, 0.717) is 24.8 Å². The van der Waals surface area contributed by atoms with Crippen LogP contribution in [0.4, 0.5) is 0 Å². The minimum atomic E-state index is 0. The van der Waals surface area contributed by atoms with Crippen LogP contribution in [0, 0.1) is 11.8 Å². The Kier molecular flexibility index (Phi) is 9.19. The molecule has 0 saturated carbocycles. The molecule has 0 bridgehead atoms. The first-order chi connectivity index (χ1) is 11.2. The van der Waals surface area contributed by atoms with Gasteiger partial charge < -0.3 is 10.6 Å². The summed E-state index contributed by atoms with van der Waals surface area (Å²) in [7, 11) is 0. The largest absolute Gasteiger partial charge is 0.352 e. The molecule has 1 aliphatic heterocycles. The van der Waals surface area contributed by atoms with Crippen LogP contribution in [0.3, 0.4) is 0 Å². The zero-order valence-corrected chi connectivity index (χ0v) is 16.2. The third-order valence-corrected chi connectivity index (χ3v) is 4.84. The molecule has 0 aliphatic carbocycles. The van der Waals surface area contributed by atoms with E-state index in [0.717, 1.165) is 29.6 Å². The predicted molar refractivity (Wildman–Crippen MR) is 107 cm³/mol. The van der Waals surface area contributed by atoms with Gasteiger partial charge in [0.15, 0.2) is 0 Å². The van der Waals surface area contributed by atoms with Crippen molar-refractivity contribution in [3.8, 4) is 0 Å². The van der Waals surface area contributed by atoms with E-state index >= 15 is 0 Å². The molecule has 2 aromatic rings. The summed E-state index contributed by atoms with van der Waals surface area (Å²) in [6.07, 6.45) is 4.85. The molecule has 138 valence electrons. The van der Waals surface area contributed by atoms with Crippen molar-refractivity contribution in [2.45, 2.75) is 32.7 Å². The third-order valence-electron chi connectivity index (χ3n) is 4.84. The number of piperidine rings is 1. The maximum absolute atomic E-state index is 12.3. The van der Waals surface area contributed by atoms with Crippen LogP contribution in [0.15, 0.2) is 36.5 Å². The Labute approximate surface area is 162 Å². The number of pyridine rings is 1. The second-order valence-electron chi connectivity index (χ2n) is 6.56. The highest BCUT2D eigenvalue weighted by molar-refractivity contribution is 5.85. The second kappa shape index (κ2) is 10.6. The quantitative estimate of drug-likeness (QED) is 0.826. The number of hydrogen-bond donors (Lipinski definition) is 2. The molecule has 1 amide bonds. The minimum absolute atomic E-state index is 0. The first-order valence-corrected chi connectivity index (χ1v) is 8.54. The van der Waals surface area contributed by atoms with Crippen LogP contribution in [0.1, 0.15) is 31.7 Å². The van der Waals surface area contributed by atoms with Gasteiger partial charge in [-0.15, -0.1) is 24.8 Å². The number of amides is 1. The van der Waals surface area contributed by atoms with E-state index in [-0.39, 0.29) is 30.7 Å². The fourth-order valence-electron chi connectivity index (χ4n) is 3.40. The normalized spacial score (nSPS) is 17.9. The van der Waals surface area contributed by atoms with E-state index in [4.69, 9.17) is 0 Å². The number of carbonyl (C=O) groups is 1. The number of halogens is 2. The Balaban J connectivity index is 0.00000156. The van der Waals surface area contributed by atoms with Gasteiger partial charge in [0.05, 0.1) is 5.52 Å². The van der Waals surface area contributed by atoms with Gasteiger partial charge >= 0.3 is 0 Å². The van der Waals surface area contributed by atoms with E-state index in [1.165, 1.54) is 12.8 Å². The summed E-state index contributed by atoms with van der Waals surface area (Å²) in [5, 5.41) is 7.60. The fourth-order valence-corrected chi connectivity index (χ4v) is 3.40. The SMILES string of the molecule is CC(CC(=O)NCc1cccc2cccnc12)C1CCCNC1.Cl.Cl. The molecule has 4 nitrogen and oxygen atoms in total. The van der Waals surface area contributed by atoms with Crippen molar-refractivity contribution in [1.29, 1.82) is 0 Å². The van der Waals surface area contributed by atoms with Gasteiger partial charge in [-0.05, 0) is 49.4 Å².